The molecule has 1 aliphatic rings. The van der Waals surface area contributed by atoms with Crippen molar-refractivity contribution in [1.29, 1.82) is 0 Å². The predicted octanol–water partition coefficient (Wildman–Crippen LogP) is 3.53. The summed E-state index contributed by atoms with van der Waals surface area (Å²) in [5.74, 6) is 0.256. The van der Waals surface area contributed by atoms with E-state index in [0.717, 1.165) is 36.5 Å². The van der Waals surface area contributed by atoms with Gasteiger partial charge in [-0.2, -0.15) is 0 Å². The largest absolute Gasteiger partial charge is 0.505 e. The lowest BCUT2D eigenvalue weighted by Crippen LogP contribution is -2.24. The Bertz CT molecular complexity index is 620. The van der Waals surface area contributed by atoms with Crippen molar-refractivity contribution >= 4 is 0 Å². The van der Waals surface area contributed by atoms with Gasteiger partial charge in [-0.05, 0) is 50.6 Å². The van der Waals surface area contributed by atoms with Gasteiger partial charge in [-0.3, -0.25) is 14.9 Å². The summed E-state index contributed by atoms with van der Waals surface area (Å²) in [7, 11) is 0. The van der Waals surface area contributed by atoms with E-state index in [1.165, 1.54) is 25.7 Å². The minimum Gasteiger partial charge on any atom is -0.505 e. The van der Waals surface area contributed by atoms with Crippen LogP contribution in [0.2, 0.25) is 0 Å². The Morgan fingerprint density at radius 1 is 1.09 bits per heavy atom. The maximum Gasteiger partial charge on any atom is 0.146 e. The molecule has 1 saturated heterocycles. The smallest absolute Gasteiger partial charge is 0.146 e. The topological polar surface area (TPSA) is 49.2 Å². The highest BCUT2D eigenvalue weighted by molar-refractivity contribution is 5.71. The maximum absolute atomic E-state index is 10.5. The Morgan fingerprint density at radius 3 is 2.55 bits per heavy atom. The summed E-state index contributed by atoms with van der Waals surface area (Å²) < 4.78 is 0. The molecule has 0 unspecified atom stereocenters. The molecular weight excluding hydrogens is 274 g/mol. The second kappa shape index (κ2) is 6.88. The average Bonchev–Trinajstić information content (AvgIpc) is 2.81. The van der Waals surface area contributed by atoms with Crippen LogP contribution in [0.15, 0.2) is 30.6 Å². The van der Waals surface area contributed by atoms with Crippen LogP contribution in [-0.2, 0) is 6.54 Å². The van der Waals surface area contributed by atoms with E-state index in [1.807, 2.05) is 31.3 Å². The van der Waals surface area contributed by atoms with Gasteiger partial charge in [0.05, 0.1) is 11.4 Å². The number of likely N-dealkylation sites (tertiary alicyclic amines) is 1. The minimum atomic E-state index is 0.256. The Morgan fingerprint density at radius 2 is 1.86 bits per heavy atom. The maximum atomic E-state index is 10.5. The molecule has 22 heavy (non-hydrogen) atoms. The summed E-state index contributed by atoms with van der Waals surface area (Å²) in [5, 5.41) is 10.5. The highest BCUT2D eigenvalue weighted by atomic mass is 16.3. The third kappa shape index (κ3) is 3.28. The van der Waals surface area contributed by atoms with Crippen LogP contribution in [0.1, 0.15) is 36.9 Å². The molecule has 0 amide bonds. The molecule has 3 rings (SSSR count). The van der Waals surface area contributed by atoms with E-state index in [0.29, 0.717) is 5.69 Å². The molecule has 0 radical (unpaired) electrons. The van der Waals surface area contributed by atoms with Gasteiger partial charge in [0.1, 0.15) is 5.75 Å². The number of pyridine rings is 2. The molecular formula is C18H23N3O. The molecule has 0 saturated carbocycles. The Balaban J connectivity index is 1.95. The minimum absolute atomic E-state index is 0.256. The SMILES string of the molecule is Cc1ncc(CN2CCCCCC2)c(-c2ccccn2)c1O. The fourth-order valence-electron chi connectivity index (χ4n) is 3.08. The zero-order chi connectivity index (χ0) is 15.4. The predicted molar refractivity (Wildman–Crippen MR) is 87.6 cm³/mol. The van der Waals surface area contributed by atoms with Crippen molar-refractivity contribution < 1.29 is 5.11 Å². The first kappa shape index (κ1) is 15.0. The van der Waals surface area contributed by atoms with E-state index in [4.69, 9.17) is 0 Å². The van der Waals surface area contributed by atoms with Crippen molar-refractivity contribution in [2.24, 2.45) is 0 Å². The van der Waals surface area contributed by atoms with E-state index in [-0.39, 0.29) is 5.75 Å². The normalized spacial score (nSPS) is 16.4. The molecule has 4 heteroatoms. The third-order valence-electron chi connectivity index (χ3n) is 4.33. The van der Waals surface area contributed by atoms with Gasteiger partial charge < -0.3 is 5.11 Å². The van der Waals surface area contributed by atoms with Crippen molar-refractivity contribution in [1.82, 2.24) is 14.9 Å². The van der Waals surface area contributed by atoms with Crippen molar-refractivity contribution in [3.63, 3.8) is 0 Å². The number of aromatic nitrogens is 2. The third-order valence-corrected chi connectivity index (χ3v) is 4.33. The number of aromatic hydroxyl groups is 1. The van der Waals surface area contributed by atoms with Crippen LogP contribution in [0, 0.1) is 6.92 Å². The molecule has 1 N–H and O–H groups in total. The standard InChI is InChI=1S/C18H23N3O/c1-14-18(22)17(16-8-4-5-9-19-16)15(12-20-14)13-21-10-6-2-3-7-11-21/h4-5,8-9,12,22H,2-3,6-7,10-11,13H2,1H3. The zero-order valence-corrected chi connectivity index (χ0v) is 13.1. The van der Waals surface area contributed by atoms with Gasteiger partial charge in [-0.25, -0.2) is 0 Å². The van der Waals surface area contributed by atoms with Crippen molar-refractivity contribution in [3.8, 4) is 17.0 Å². The molecule has 4 nitrogen and oxygen atoms in total. The molecule has 1 aliphatic heterocycles. The van der Waals surface area contributed by atoms with Crippen molar-refractivity contribution in [3.05, 3.63) is 41.9 Å². The molecule has 1 fully saturated rings. The summed E-state index contributed by atoms with van der Waals surface area (Å²) in [4.78, 5) is 11.2. The van der Waals surface area contributed by atoms with Crippen LogP contribution in [-0.4, -0.2) is 33.1 Å². The van der Waals surface area contributed by atoms with Gasteiger partial charge in [0.15, 0.2) is 0 Å². The molecule has 116 valence electrons. The first-order valence-corrected chi connectivity index (χ1v) is 8.07. The summed E-state index contributed by atoms with van der Waals surface area (Å²) >= 11 is 0. The van der Waals surface area contributed by atoms with Gasteiger partial charge in [0.2, 0.25) is 0 Å². The fourth-order valence-corrected chi connectivity index (χ4v) is 3.08. The molecule has 0 aliphatic carbocycles. The van der Waals surface area contributed by atoms with E-state index >= 15 is 0 Å². The lowest BCUT2D eigenvalue weighted by atomic mass is 10.0. The summed E-state index contributed by atoms with van der Waals surface area (Å²) in [6.07, 6.45) is 8.81. The van der Waals surface area contributed by atoms with E-state index in [9.17, 15) is 5.11 Å². The van der Waals surface area contributed by atoms with Crippen LogP contribution in [0.25, 0.3) is 11.3 Å². The number of aryl methyl sites for hydroxylation is 1. The highest BCUT2D eigenvalue weighted by Crippen LogP contribution is 2.33. The van der Waals surface area contributed by atoms with Gasteiger partial charge in [0, 0.05) is 24.5 Å². The van der Waals surface area contributed by atoms with Crippen LogP contribution >= 0.6 is 0 Å². The number of hydrogen-bond acceptors (Lipinski definition) is 4. The Kier molecular flexibility index (Phi) is 4.68. The van der Waals surface area contributed by atoms with Gasteiger partial charge in [0.25, 0.3) is 0 Å². The molecule has 3 heterocycles. The van der Waals surface area contributed by atoms with Crippen molar-refractivity contribution in [2.75, 3.05) is 13.1 Å². The summed E-state index contributed by atoms with van der Waals surface area (Å²) in [5.41, 5.74) is 3.36. The van der Waals surface area contributed by atoms with Crippen molar-refractivity contribution in [2.45, 2.75) is 39.2 Å². The summed E-state index contributed by atoms with van der Waals surface area (Å²) in [6, 6.07) is 5.79. The molecule has 0 bridgehead atoms. The fraction of sp³-hybridized carbons (Fsp3) is 0.444. The van der Waals surface area contributed by atoms with E-state index < -0.39 is 0 Å². The second-order valence-electron chi connectivity index (χ2n) is 6.00. The van der Waals surface area contributed by atoms with E-state index in [1.54, 1.807) is 6.20 Å². The first-order valence-electron chi connectivity index (χ1n) is 8.07. The van der Waals surface area contributed by atoms with Crippen LogP contribution in [0.4, 0.5) is 0 Å². The van der Waals surface area contributed by atoms with Gasteiger partial charge >= 0.3 is 0 Å². The molecule has 0 aromatic carbocycles. The first-order chi connectivity index (χ1) is 10.8. The molecule has 2 aromatic heterocycles. The Hall–Kier alpha value is -1.94. The number of hydrogen-bond donors (Lipinski definition) is 1. The lowest BCUT2D eigenvalue weighted by molar-refractivity contribution is 0.276. The van der Waals surface area contributed by atoms with Crippen LogP contribution < -0.4 is 0 Å². The van der Waals surface area contributed by atoms with Gasteiger partial charge in [-0.15, -0.1) is 0 Å². The number of nitrogens with zero attached hydrogens (tertiary/aromatic N) is 3. The quantitative estimate of drug-likeness (QED) is 0.941. The van der Waals surface area contributed by atoms with E-state index in [2.05, 4.69) is 14.9 Å². The Labute approximate surface area is 131 Å². The van der Waals surface area contributed by atoms with Crippen LogP contribution in [0.3, 0.4) is 0 Å². The van der Waals surface area contributed by atoms with Gasteiger partial charge in [-0.1, -0.05) is 18.9 Å². The molecule has 0 atom stereocenters. The molecule has 2 aromatic rings. The lowest BCUT2D eigenvalue weighted by Gasteiger charge is -2.22. The zero-order valence-electron chi connectivity index (χ0n) is 13.1. The second-order valence-corrected chi connectivity index (χ2v) is 6.00. The van der Waals surface area contributed by atoms with Crippen LogP contribution in [0.5, 0.6) is 5.75 Å². The number of rotatable bonds is 3. The molecule has 0 spiro atoms. The monoisotopic (exact) mass is 297 g/mol. The summed E-state index contributed by atoms with van der Waals surface area (Å²) in [6.45, 7) is 4.90. The highest BCUT2D eigenvalue weighted by Gasteiger charge is 2.18. The average molecular weight is 297 g/mol.